The Kier molecular flexibility index (Phi) is 10.7. The average molecular weight is 604 g/mol. The highest BCUT2D eigenvalue weighted by atomic mass is 19.4. The van der Waals surface area contributed by atoms with Crippen LogP contribution in [0.2, 0.25) is 0 Å². The quantitative estimate of drug-likeness (QED) is 0.438. The highest BCUT2D eigenvalue weighted by molar-refractivity contribution is 6.03. The molecular formula is C29H36F3N7O4. The summed E-state index contributed by atoms with van der Waals surface area (Å²) in [4.78, 5) is 49.8. The number of aromatic amines is 1. The fraction of sp³-hybridized carbons (Fsp3) is 0.517. The number of carbonyl (C=O) groups is 3. The van der Waals surface area contributed by atoms with Crippen LogP contribution in [0.5, 0.6) is 0 Å². The first-order chi connectivity index (χ1) is 20.1. The third-order valence-electron chi connectivity index (χ3n) is 7.31. The number of likely N-dealkylation sites (tertiary alicyclic amines) is 1. The van der Waals surface area contributed by atoms with Crippen molar-refractivity contribution in [3.8, 4) is 6.07 Å². The molecule has 2 aromatic rings. The van der Waals surface area contributed by atoms with Gasteiger partial charge in [-0.2, -0.15) is 18.4 Å². The average Bonchev–Trinajstić information content (AvgIpc) is 3.43. The van der Waals surface area contributed by atoms with Gasteiger partial charge in [-0.05, 0) is 69.3 Å². The highest BCUT2D eigenvalue weighted by Gasteiger charge is 2.38. The molecule has 4 rings (SSSR count). The van der Waals surface area contributed by atoms with Gasteiger partial charge >= 0.3 is 12.1 Å². The summed E-state index contributed by atoms with van der Waals surface area (Å²) in [5, 5.41) is 19.1. The fourth-order valence-corrected chi connectivity index (χ4v) is 4.81. The van der Waals surface area contributed by atoms with E-state index < -0.39 is 18.1 Å². The van der Waals surface area contributed by atoms with E-state index in [0.29, 0.717) is 12.2 Å². The van der Waals surface area contributed by atoms with Crippen molar-refractivity contribution in [1.29, 1.82) is 5.26 Å². The minimum absolute atomic E-state index is 0.0927. The Hall–Kier alpha value is -4.25. The number of aliphatic carboxylic acids is 1. The van der Waals surface area contributed by atoms with Crippen molar-refractivity contribution in [2.24, 2.45) is 5.41 Å². The summed E-state index contributed by atoms with van der Waals surface area (Å²) >= 11 is 0. The van der Waals surface area contributed by atoms with Gasteiger partial charge < -0.3 is 25.2 Å². The Balaban J connectivity index is 0.000000646. The van der Waals surface area contributed by atoms with Crippen LogP contribution >= 0.6 is 0 Å². The molecule has 0 aromatic carbocycles. The van der Waals surface area contributed by atoms with Crippen LogP contribution in [0.1, 0.15) is 79.6 Å². The maximum Gasteiger partial charge on any atom is 0.490 e. The van der Waals surface area contributed by atoms with Gasteiger partial charge in [0.15, 0.2) is 5.82 Å². The number of nitrogens with zero attached hydrogens (tertiary/aromatic N) is 5. The number of nitrogens with one attached hydrogen (secondary N) is 2. The van der Waals surface area contributed by atoms with Crippen LogP contribution < -0.4 is 5.32 Å². The Labute approximate surface area is 247 Å². The lowest BCUT2D eigenvalue weighted by molar-refractivity contribution is -0.192. The van der Waals surface area contributed by atoms with Gasteiger partial charge in [0.1, 0.15) is 11.8 Å². The van der Waals surface area contributed by atoms with Gasteiger partial charge in [-0.25, -0.2) is 9.78 Å². The zero-order valence-electron chi connectivity index (χ0n) is 24.6. The molecule has 43 heavy (non-hydrogen) atoms. The van der Waals surface area contributed by atoms with E-state index in [2.05, 4.69) is 35.2 Å². The summed E-state index contributed by atoms with van der Waals surface area (Å²) in [5.41, 5.74) is 4.07. The van der Waals surface area contributed by atoms with E-state index in [9.17, 15) is 22.8 Å². The highest BCUT2D eigenvalue weighted by Crippen LogP contribution is 2.40. The molecule has 0 unspecified atom stereocenters. The molecule has 2 aromatic heterocycles. The van der Waals surface area contributed by atoms with Crippen molar-refractivity contribution < 1.29 is 32.7 Å². The smallest absolute Gasteiger partial charge is 0.475 e. The Morgan fingerprint density at radius 3 is 2.40 bits per heavy atom. The maximum absolute atomic E-state index is 12.8. The fourth-order valence-electron chi connectivity index (χ4n) is 4.81. The molecule has 0 spiro atoms. The number of hydrogen-bond acceptors (Lipinski definition) is 7. The number of nitriles is 1. The van der Waals surface area contributed by atoms with E-state index in [-0.39, 0.29) is 28.8 Å². The molecule has 2 amide bonds. The van der Waals surface area contributed by atoms with Gasteiger partial charge in [0.2, 0.25) is 5.91 Å². The lowest BCUT2D eigenvalue weighted by Crippen LogP contribution is -2.42. The second-order valence-electron chi connectivity index (χ2n) is 11.6. The number of imidazole rings is 1. The van der Waals surface area contributed by atoms with Crippen LogP contribution in [0, 0.1) is 16.7 Å². The number of anilines is 1. The van der Waals surface area contributed by atoms with Crippen LogP contribution in [0.15, 0.2) is 24.4 Å². The summed E-state index contributed by atoms with van der Waals surface area (Å²) in [5.74, 6) is -2.64. The van der Waals surface area contributed by atoms with E-state index in [1.807, 2.05) is 42.1 Å². The SMILES string of the molecule is CN(C)CC(=O)N1CCC(c2ccc(NC(=O)c3ncc(C#N)[nH]3)c(C3=CCC(C)(C)CC3)n2)CC1.O=C(O)C(F)(F)F. The monoisotopic (exact) mass is 603 g/mol. The van der Waals surface area contributed by atoms with Crippen LogP contribution in [0.25, 0.3) is 5.57 Å². The summed E-state index contributed by atoms with van der Waals surface area (Å²) in [7, 11) is 3.82. The number of alkyl halides is 3. The number of H-pyrrole nitrogens is 1. The number of amides is 2. The lowest BCUT2D eigenvalue weighted by Gasteiger charge is -2.33. The molecule has 0 bridgehead atoms. The molecule has 1 aliphatic carbocycles. The Bertz CT molecular complexity index is 1400. The van der Waals surface area contributed by atoms with Crippen LogP contribution in [-0.4, -0.2) is 87.5 Å². The first kappa shape index (κ1) is 33.3. The van der Waals surface area contributed by atoms with Gasteiger partial charge in [0, 0.05) is 24.7 Å². The molecule has 3 heterocycles. The predicted molar refractivity (Wildman–Crippen MR) is 152 cm³/mol. The van der Waals surface area contributed by atoms with Gasteiger partial charge in [0.25, 0.3) is 5.91 Å². The summed E-state index contributed by atoms with van der Waals surface area (Å²) in [6.07, 6.45) is 3.14. The summed E-state index contributed by atoms with van der Waals surface area (Å²) in [6, 6.07) is 5.86. The first-order valence-electron chi connectivity index (χ1n) is 13.8. The normalized spacial score (nSPS) is 16.9. The molecule has 232 valence electrons. The number of allylic oxidation sites excluding steroid dienone is 2. The number of carboxylic acids is 1. The number of carbonyl (C=O) groups excluding carboxylic acids is 2. The van der Waals surface area contributed by atoms with Crippen molar-refractivity contribution in [2.75, 3.05) is 39.0 Å². The standard InChI is InChI=1S/C27H35N7O2.C2HF3O2/c1-27(2)11-7-19(8-12-27)24-22(32-26(36)25-29-16-20(15-28)30-25)6-5-21(31-24)18-9-13-34(14-10-18)23(35)17-33(3)4;3-2(4,5)1(6)7/h5-7,16,18H,8-14,17H2,1-4H3,(H,29,30)(H,32,36);(H,6,7). The molecule has 11 nitrogen and oxygen atoms in total. The van der Waals surface area contributed by atoms with Crippen LogP contribution in [-0.2, 0) is 9.59 Å². The second kappa shape index (κ2) is 13.8. The van der Waals surface area contributed by atoms with E-state index in [4.69, 9.17) is 20.1 Å². The molecule has 0 atom stereocenters. The zero-order valence-corrected chi connectivity index (χ0v) is 24.6. The number of rotatable bonds is 6. The number of likely N-dealkylation sites (N-methyl/N-ethyl adjacent to an activating group) is 1. The van der Waals surface area contributed by atoms with E-state index >= 15 is 0 Å². The molecular weight excluding hydrogens is 567 g/mol. The summed E-state index contributed by atoms with van der Waals surface area (Å²) in [6.45, 7) is 6.41. The molecule has 2 aliphatic rings. The predicted octanol–water partition coefficient (Wildman–Crippen LogP) is 4.42. The Morgan fingerprint density at radius 2 is 1.88 bits per heavy atom. The van der Waals surface area contributed by atoms with Gasteiger partial charge in [-0.1, -0.05) is 19.9 Å². The van der Waals surface area contributed by atoms with Crippen molar-refractivity contribution in [3.05, 3.63) is 47.3 Å². The minimum atomic E-state index is -5.08. The second-order valence-corrected chi connectivity index (χ2v) is 11.6. The number of halogens is 3. The number of aromatic nitrogens is 3. The van der Waals surface area contributed by atoms with E-state index in [1.165, 1.54) is 6.20 Å². The van der Waals surface area contributed by atoms with Crippen LogP contribution in [0.4, 0.5) is 18.9 Å². The van der Waals surface area contributed by atoms with Crippen LogP contribution in [0.3, 0.4) is 0 Å². The molecule has 3 N–H and O–H groups in total. The summed E-state index contributed by atoms with van der Waals surface area (Å²) < 4.78 is 31.7. The molecule has 0 saturated carbocycles. The maximum atomic E-state index is 12.8. The number of pyridine rings is 1. The molecule has 1 aliphatic heterocycles. The lowest BCUT2D eigenvalue weighted by atomic mass is 9.77. The van der Waals surface area contributed by atoms with Crippen molar-refractivity contribution >= 4 is 29.0 Å². The zero-order chi connectivity index (χ0) is 31.9. The van der Waals surface area contributed by atoms with E-state index in [1.54, 1.807) is 0 Å². The van der Waals surface area contributed by atoms with E-state index in [0.717, 1.165) is 62.2 Å². The van der Waals surface area contributed by atoms with Crippen molar-refractivity contribution in [3.63, 3.8) is 0 Å². The first-order valence-corrected chi connectivity index (χ1v) is 13.8. The van der Waals surface area contributed by atoms with Gasteiger partial charge in [-0.15, -0.1) is 0 Å². The topological polar surface area (TPSA) is 155 Å². The number of carboxylic acid groups (broad SMARTS) is 1. The number of hydrogen-bond donors (Lipinski definition) is 3. The van der Waals surface area contributed by atoms with Crippen molar-refractivity contribution in [2.45, 2.75) is 58.0 Å². The van der Waals surface area contributed by atoms with Gasteiger partial charge in [0.05, 0.1) is 24.1 Å². The minimum Gasteiger partial charge on any atom is -0.475 e. The molecule has 1 saturated heterocycles. The molecule has 14 heteroatoms. The molecule has 0 radical (unpaired) electrons. The third-order valence-corrected chi connectivity index (χ3v) is 7.31. The Morgan fingerprint density at radius 1 is 1.23 bits per heavy atom. The molecule has 1 fully saturated rings. The largest absolute Gasteiger partial charge is 0.490 e. The third kappa shape index (κ3) is 9.37. The number of piperidine rings is 1. The van der Waals surface area contributed by atoms with Gasteiger partial charge in [-0.3, -0.25) is 14.6 Å². The van der Waals surface area contributed by atoms with Crippen molar-refractivity contribution in [1.82, 2.24) is 24.8 Å².